The van der Waals surface area contributed by atoms with Crippen LogP contribution in [0.2, 0.25) is 0 Å². The first-order chi connectivity index (χ1) is 8.39. The first-order valence-electron chi connectivity index (χ1n) is 8.22. The normalized spacial score (nSPS) is 24.5. The van der Waals surface area contributed by atoms with Crippen LogP contribution >= 0.6 is 0 Å². The molecule has 1 aliphatic carbocycles. The SMILES string of the molecule is [CH2]C1CCCCCCCCCCCCCCC1. The molecule has 0 bridgehead atoms. The minimum absolute atomic E-state index is 0.739. The maximum atomic E-state index is 4.30. The van der Waals surface area contributed by atoms with Crippen LogP contribution in [0.4, 0.5) is 0 Å². The van der Waals surface area contributed by atoms with Crippen LogP contribution in [0.25, 0.3) is 0 Å². The summed E-state index contributed by atoms with van der Waals surface area (Å²) in [5.41, 5.74) is 0. The molecule has 0 N–H and O–H groups in total. The third kappa shape index (κ3) is 9.68. The molecule has 0 spiro atoms. The van der Waals surface area contributed by atoms with Gasteiger partial charge in [0.15, 0.2) is 0 Å². The maximum absolute atomic E-state index is 4.30. The summed E-state index contributed by atoms with van der Waals surface area (Å²) in [6, 6.07) is 0. The quantitative estimate of drug-likeness (QED) is 0.463. The summed E-state index contributed by atoms with van der Waals surface area (Å²) in [5, 5.41) is 0. The van der Waals surface area contributed by atoms with Gasteiger partial charge in [0, 0.05) is 0 Å². The highest BCUT2D eigenvalue weighted by Gasteiger charge is 2.02. The van der Waals surface area contributed by atoms with Gasteiger partial charge in [0.1, 0.15) is 0 Å². The van der Waals surface area contributed by atoms with Crippen LogP contribution in [0.15, 0.2) is 0 Å². The Hall–Kier alpha value is 0. The minimum Gasteiger partial charge on any atom is -0.0533 e. The third-order valence-electron chi connectivity index (χ3n) is 4.22. The monoisotopic (exact) mass is 237 g/mol. The van der Waals surface area contributed by atoms with Crippen molar-refractivity contribution in [3.05, 3.63) is 6.92 Å². The van der Waals surface area contributed by atoms with Gasteiger partial charge < -0.3 is 0 Å². The zero-order valence-corrected chi connectivity index (χ0v) is 11.9. The second-order valence-electron chi connectivity index (χ2n) is 6.04. The molecule has 0 heterocycles. The van der Waals surface area contributed by atoms with Gasteiger partial charge in [0.25, 0.3) is 0 Å². The van der Waals surface area contributed by atoms with E-state index in [9.17, 15) is 0 Å². The van der Waals surface area contributed by atoms with Crippen LogP contribution < -0.4 is 0 Å². The molecule has 0 aromatic heterocycles. The van der Waals surface area contributed by atoms with Crippen molar-refractivity contribution in [1.29, 1.82) is 0 Å². The maximum Gasteiger partial charge on any atom is -0.0414 e. The number of hydrogen-bond donors (Lipinski definition) is 0. The van der Waals surface area contributed by atoms with Gasteiger partial charge in [-0.15, -0.1) is 0 Å². The molecule has 0 nitrogen and oxygen atoms in total. The molecule has 1 rings (SSSR count). The van der Waals surface area contributed by atoms with Crippen molar-refractivity contribution in [2.45, 2.75) is 96.3 Å². The van der Waals surface area contributed by atoms with Crippen molar-refractivity contribution >= 4 is 0 Å². The van der Waals surface area contributed by atoms with E-state index >= 15 is 0 Å². The third-order valence-corrected chi connectivity index (χ3v) is 4.22. The van der Waals surface area contributed by atoms with Gasteiger partial charge in [-0.2, -0.15) is 0 Å². The van der Waals surface area contributed by atoms with Crippen molar-refractivity contribution in [2.75, 3.05) is 0 Å². The Kier molecular flexibility index (Phi) is 9.84. The van der Waals surface area contributed by atoms with E-state index in [2.05, 4.69) is 6.92 Å². The molecule has 1 fully saturated rings. The van der Waals surface area contributed by atoms with Gasteiger partial charge in [-0.3, -0.25) is 0 Å². The summed E-state index contributed by atoms with van der Waals surface area (Å²) >= 11 is 0. The van der Waals surface area contributed by atoms with Crippen LogP contribution in [0.3, 0.4) is 0 Å². The van der Waals surface area contributed by atoms with Gasteiger partial charge in [0.05, 0.1) is 0 Å². The highest BCUT2D eigenvalue weighted by molar-refractivity contribution is 4.62. The smallest absolute Gasteiger partial charge is 0.0414 e. The lowest BCUT2D eigenvalue weighted by Crippen LogP contribution is -1.96. The summed E-state index contributed by atoms with van der Waals surface area (Å²) in [7, 11) is 0. The van der Waals surface area contributed by atoms with Gasteiger partial charge in [-0.1, -0.05) is 103 Å². The van der Waals surface area contributed by atoms with Crippen LogP contribution in [0.1, 0.15) is 96.3 Å². The molecular weight excluding hydrogens is 204 g/mol. The molecular formula is C17H33. The summed E-state index contributed by atoms with van der Waals surface area (Å²) in [6.45, 7) is 4.30. The van der Waals surface area contributed by atoms with E-state index in [1.807, 2.05) is 0 Å². The van der Waals surface area contributed by atoms with E-state index in [-0.39, 0.29) is 0 Å². The summed E-state index contributed by atoms with van der Waals surface area (Å²) < 4.78 is 0. The molecule has 1 saturated carbocycles. The second-order valence-corrected chi connectivity index (χ2v) is 6.04. The van der Waals surface area contributed by atoms with E-state index < -0.39 is 0 Å². The standard InChI is InChI=1S/C17H33/c1-17-15-13-11-9-7-5-3-2-4-6-8-10-12-14-16-17/h17H,1-16H2. The van der Waals surface area contributed by atoms with E-state index in [0.29, 0.717) is 0 Å². The molecule has 0 atom stereocenters. The van der Waals surface area contributed by atoms with Crippen LogP contribution in [0, 0.1) is 12.8 Å². The molecule has 0 amide bonds. The highest BCUT2D eigenvalue weighted by atomic mass is 14.1. The molecule has 101 valence electrons. The molecule has 0 aliphatic heterocycles. The topological polar surface area (TPSA) is 0 Å². The summed E-state index contributed by atoms with van der Waals surface area (Å²) in [6.07, 6.45) is 21.8. The lowest BCUT2D eigenvalue weighted by molar-refractivity contribution is 0.453. The predicted octanol–water partition coefficient (Wildman–Crippen LogP) is 6.30. The molecule has 1 aliphatic rings. The first-order valence-corrected chi connectivity index (χ1v) is 8.22. The highest BCUT2D eigenvalue weighted by Crippen LogP contribution is 2.19. The Balaban J connectivity index is 2.09. The molecule has 0 aromatic rings. The van der Waals surface area contributed by atoms with Crippen LogP contribution in [0.5, 0.6) is 0 Å². The lowest BCUT2D eigenvalue weighted by Gasteiger charge is -2.11. The van der Waals surface area contributed by atoms with Crippen molar-refractivity contribution in [3.63, 3.8) is 0 Å². The molecule has 1 radical (unpaired) electrons. The number of hydrogen-bond acceptors (Lipinski definition) is 0. The Labute approximate surface area is 110 Å². The van der Waals surface area contributed by atoms with Gasteiger partial charge >= 0.3 is 0 Å². The Morgan fingerprint density at radius 2 is 0.647 bits per heavy atom. The van der Waals surface area contributed by atoms with E-state index in [0.717, 1.165) is 5.92 Å². The van der Waals surface area contributed by atoms with Crippen molar-refractivity contribution < 1.29 is 0 Å². The van der Waals surface area contributed by atoms with Gasteiger partial charge in [0.2, 0.25) is 0 Å². The average Bonchev–Trinajstić information content (AvgIpc) is 2.32. The average molecular weight is 237 g/mol. The summed E-state index contributed by atoms with van der Waals surface area (Å²) in [4.78, 5) is 0. The first kappa shape index (κ1) is 15.1. The molecule has 0 aromatic carbocycles. The largest absolute Gasteiger partial charge is 0.0533 e. The van der Waals surface area contributed by atoms with Crippen LogP contribution in [-0.2, 0) is 0 Å². The number of rotatable bonds is 0. The minimum atomic E-state index is 0.739. The van der Waals surface area contributed by atoms with Gasteiger partial charge in [-0.05, 0) is 5.92 Å². The fourth-order valence-corrected chi connectivity index (χ4v) is 2.95. The van der Waals surface area contributed by atoms with Crippen molar-refractivity contribution in [2.24, 2.45) is 5.92 Å². The van der Waals surface area contributed by atoms with Crippen molar-refractivity contribution in [1.82, 2.24) is 0 Å². The Morgan fingerprint density at radius 3 is 0.941 bits per heavy atom. The lowest BCUT2D eigenvalue weighted by atomic mass is 9.95. The summed E-state index contributed by atoms with van der Waals surface area (Å²) in [5.74, 6) is 0.739. The molecule has 0 heteroatoms. The Morgan fingerprint density at radius 1 is 0.412 bits per heavy atom. The van der Waals surface area contributed by atoms with Gasteiger partial charge in [-0.25, -0.2) is 0 Å². The van der Waals surface area contributed by atoms with E-state index in [4.69, 9.17) is 0 Å². The molecule has 0 saturated heterocycles. The molecule has 0 unspecified atom stereocenters. The van der Waals surface area contributed by atoms with Crippen molar-refractivity contribution in [3.8, 4) is 0 Å². The zero-order chi connectivity index (χ0) is 12.2. The molecule has 17 heavy (non-hydrogen) atoms. The predicted molar refractivity (Wildman–Crippen MR) is 78.1 cm³/mol. The fraction of sp³-hybridized carbons (Fsp3) is 0.941. The van der Waals surface area contributed by atoms with E-state index in [1.165, 1.54) is 96.3 Å². The van der Waals surface area contributed by atoms with Crippen LogP contribution in [-0.4, -0.2) is 0 Å². The second kappa shape index (κ2) is 11.1. The zero-order valence-electron chi connectivity index (χ0n) is 11.9. The Bertz CT molecular complexity index is 134. The van der Waals surface area contributed by atoms with E-state index in [1.54, 1.807) is 0 Å². The fourth-order valence-electron chi connectivity index (χ4n) is 2.95.